The Morgan fingerprint density at radius 3 is 2.63 bits per heavy atom. The molecule has 2 saturated carbocycles. The van der Waals surface area contributed by atoms with Crippen LogP contribution in [0.15, 0.2) is 35.3 Å². The maximum Gasteiger partial charge on any atom is 0.443 e. The molecule has 0 radical (unpaired) electrons. The second-order valence-electron chi connectivity index (χ2n) is 10.7. The zero-order chi connectivity index (χ0) is 31.3. The van der Waals surface area contributed by atoms with Gasteiger partial charge in [0.05, 0.1) is 12.8 Å². The number of esters is 1. The van der Waals surface area contributed by atoms with Gasteiger partial charge in [-0.1, -0.05) is 12.5 Å². The van der Waals surface area contributed by atoms with Crippen molar-refractivity contribution in [3.63, 3.8) is 0 Å². The summed E-state index contributed by atoms with van der Waals surface area (Å²) in [5.74, 6) is -1.64. The lowest BCUT2D eigenvalue weighted by atomic mass is 9.95. The summed E-state index contributed by atoms with van der Waals surface area (Å²) >= 11 is 0.146. The van der Waals surface area contributed by atoms with Crippen LogP contribution in [0.3, 0.4) is 0 Å². The highest BCUT2D eigenvalue weighted by molar-refractivity contribution is 7.13. The van der Waals surface area contributed by atoms with E-state index in [0.717, 1.165) is 29.9 Å². The number of carbonyl (C=O) groups is 4. The maximum atomic E-state index is 13.2. The summed E-state index contributed by atoms with van der Waals surface area (Å²) in [4.78, 5) is 66.4. The van der Waals surface area contributed by atoms with Gasteiger partial charge in [-0.15, -0.1) is 11.3 Å². The number of ether oxygens (including phenoxy) is 1. The number of aryl methyl sites for hydroxylation is 1. The molecule has 4 rings (SSSR count). The number of nitrogens with zero attached hydrogens (tertiary/aromatic N) is 2. The number of carbonyl (C=O) groups excluding carboxylic acids is 4. The Labute approximate surface area is 248 Å². The predicted octanol–water partition coefficient (Wildman–Crippen LogP) is 3.18. The average molecular weight is 624 g/mol. The lowest BCUT2D eigenvalue weighted by Gasteiger charge is -2.23. The largest absolute Gasteiger partial charge is 0.466 e. The van der Waals surface area contributed by atoms with E-state index in [1.54, 1.807) is 0 Å². The molecule has 0 aromatic carbocycles. The summed E-state index contributed by atoms with van der Waals surface area (Å²) in [5, 5.41) is 6.67. The van der Waals surface area contributed by atoms with Crippen LogP contribution in [-0.2, 0) is 31.8 Å². The normalized spacial score (nSPS) is 20.2. The zero-order valence-corrected chi connectivity index (χ0v) is 24.3. The van der Waals surface area contributed by atoms with Crippen molar-refractivity contribution in [1.29, 1.82) is 0 Å². The van der Waals surface area contributed by atoms with Crippen LogP contribution in [0.2, 0.25) is 0 Å². The van der Waals surface area contributed by atoms with Gasteiger partial charge in [0.1, 0.15) is 23.2 Å². The molecular weight excluding hydrogens is 591 g/mol. The van der Waals surface area contributed by atoms with E-state index in [4.69, 9.17) is 0 Å². The molecule has 2 aliphatic rings. The maximum absolute atomic E-state index is 13.2. The van der Waals surface area contributed by atoms with Crippen molar-refractivity contribution in [3.8, 4) is 0 Å². The molecule has 2 bridgehead atoms. The molecule has 2 aromatic rings. The quantitative estimate of drug-likeness (QED) is 0.257. The molecule has 43 heavy (non-hydrogen) atoms. The van der Waals surface area contributed by atoms with E-state index < -0.39 is 40.6 Å². The van der Waals surface area contributed by atoms with E-state index in [9.17, 15) is 37.1 Å². The van der Waals surface area contributed by atoms with E-state index in [-0.39, 0.29) is 58.9 Å². The Kier molecular flexibility index (Phi) is 10.0. The van der Waals surface area contributed by atoms with Crippen molar-refractivity contribution in [3.05, 3.63) is 56.4 Å². The molecular formula is C28H32F3N5O6S. The van der Waals surface area contributed by atoms with Crippen LogP contribution in [0.4, 0.5) is 18.9 Å². The van der Waals surface area contributed by atoms with Gasteiger partial charge in [-0.2, -0.15) is 13.2 Å². The van der Waals surface area contributed by atoms with Crippen molar-refractivity contribution in [2.24, 2.45) is 11.8 Å². The number of halogens is 3. The third-order valence-electron chi connectivity index (χ3n) is 7.62. The fraction of sp³-hybridized carbons (Fsp3) is 0.500. The van der Waals surface area contributed by atoms with Gasteiger partial charge in [-0.05, 0) is 63.0 Å². The van der Waals surface area contributed by atoms with Crippen LogP contribution in [0, 0.1) is 18.8 Å². The number of alkyl halides is 3. The minimum Gasteiger partial charge on any atom is -0.466 e. The number of hydrogen-bond acceptors (Lipinski definition) is 8. The molecule has 2 aromatic heterocycles. The second-order valence-corrected chi connectivity index (χ2v) is 11.7. The number of allylic oxidation sites excluding steroid dienone is 1. The van der Waals surface area contributed by atoms with Crippen LogP contribution in [0.1, 0.15) is 58.9 Å². The van der Waals surface area contributed by atoms with E-state index in [2.05, 4.69) is 25.7 Å². The fourth-order valence-electron chi connectivity index (χ4n) is 5.54. The van der Waals surface area contributed by atoms with E-state index in [0.29, 0.717) is 11.8 Å². The standard InChI is InChI=1S/C28H32F3N5O6S/c1-15-23(43-27(32-15)28(29,30)31)25(40)34-18(6-3-4-8-22(38)42-2)24(39)35-19-7-5-11-36(26(19)41)14-21(37)33-20-13-16-9-10-17(20)12-16/h4-5,7-8,11,16-18,20H,3,6,9-10,12-14H2,1-2H3,(H,33,37)(H,34,40)(H,35,39)/b8-4+/t16?,17?,18-,20?/m0/s1. The van der Waals surface area contributed by atoms with Gasteiger partial charge in [0.25, 0.3) is 11.5 Å². The molecule has 232 valence electrons. The van der Waals surface area contributed by atoms with E-state index in [1.165, 1.54) is 44.9 Å². The monoisotopic (exact) mass is 623 g/mol. The first kappa shape index (κ1) is 31.9. The number of rotatable bonds is 11. The highest BCUT2D eigenvalue weighted by Crippen LogP contribution is 2.44. The SMILES string of the molecule is COC(=O)/C=C/CC[C@H](NC(=O)c1sc(C(F)(F)F)nc1C)C(=O)Nc1cccn(CC(=O)NC2CC3CCC2C3)c1=O. The van der Waals surface area contributed by atoms with E-state index >= 15 is 0 Å². The summed E-state index contributed by atoms with van der Waals surface area (Å²) < 4.78 is 45.0. The number of methoxy groups -OCH3 is 1. The molecule has 2 fully saturated rings. The van der Waals surface area contributed by atoms with Gasteiger partial charge in [-0.25, -0.2) is 9.78 Å². The van der Waals surface area contributed by atoms with Crippen LogP contribution in [0.5, 0.6) is 0 Å². The number of anilines is 1. The Morgan fingerprint density at radius 2 is 2.00 bits per heavy atom. The lowest BCUT2D eigenvalue weighted by molar-refractivity contribution is -0.138. The topological polar surface area (TPSA) is 148 Å². The van der Waals surface area contributed by atoms with Crippen LogP contribution in [-0.4, -0.2) is 52.4 Å². The summed E-state index contributed by atoms with van der Waals surface area (Å²) in [6.45, 7) is 0.996. The third-order valence-corrected chi connectivity index (χ3v) is 8.82. The highest BCUT2D eigenvalue weighted by atomic mass is 32.1. The molecule has 15 heteroatoms. The Bertz CT molecular complexity index is 1470. The first-order valence-corrected chi connectivity index (χ1v) is 14.6. The Hall–Kier alpha value is -4.01. The smallest absolute Gasteiger partial charge is 0.443 e. The summed E-state index contributed by atoms with van der Waals surface area (Å²) in [6, 6.07) is 1.61. The van der Waals surface area contributed by atoms with Crippen LogP contribution >= 0.6 is 11.3 Å². The van der Waals surface area contributed by atoms with Crippen molar-refractivity contribution >= 4 is 40.7 Å². The summed E-state index contributed by atoms with van der Waals surface area (Å²) in [5.41, 5.74) is -0.963. The van der Waals surface area contributed by atoms with Crippen molar-refractivity contribution in [2.45, 2.75) is 70.3 Å². The second kappa shape index (κ2) is 13.5. The molecule has 0 saturated heterocycles. The van der Waals surface area contributed by atoms with Gasteiger partial charge in [-0.3, -0.25) is 19.2 Å². The van der Waals surface area contributed by atoms with Gasteiger partial charge in [0.15, 0.2) is 5.01 Å². The first-order chi connectivity index (χ1) is 20.3. The molecule has 11 nitrogen and oxygen atoms in total. The summed E-state index contributed by atoms with van der Waals surface area (Å²) in [7, 11) is 1.18. The van der Waals surface area contributed by atoms with Gasteiger partial charge < -0.3 is 25.3 Å². The fourth-order valence-corrected chi connectivity index (χ4v) is 6.37. The van der Waals surface area contributed by atoms with E-state index in [1.807, 2.05) is 0 Å². The van der Waals surface area contributed by atoms with Gasteiger partial charge >= 0.3 is 12.1 Å². The molecule has 3 amide bonds. The lowest BCUT2D eigenvalue weighted by Crippen LogP contribution is -2.45. The number of fused-ring (bicyclic) bond motifs is 2. The molecule has 2 aliphatic carbocycles. The molecule has 0 spiro atoms. The minimum absolute atomic E-state index is 0.0674. The molecule has 0 aliphatic heterocycles. The number of nitrogens with one attached hydrogen (secondary N) is 3. The van der Waals surface area contributed by atoms with Crippen molar-refractivity contribution < 1.29 is 37.1 Å². The molecule has 4 atom stereocenters. The molecule has 3 N–H and O–H groups in total. The highest BCUT2D eigenvalue weighted by Gasteiger charge is 2.40. The van der Waals surface area contributed by atoms with Gasteiger partial charge in [0, 0.05) is 18.3 Å². The van der Waals surface area contributed by atoms with Crippen molar-refractivity contribution in [2.75, 3.05) is 12.4 Å². The number of pyridine rings is 1. The minimum atomic E-state index is -4.75. The Morgan fingerprint density at radius 1 is 1.23 bits per heavy atom. The zero-order valence-electron chi connectivity index (χ0n) is 23.5. The predicted molar refractivity (Wildman–Crippen MR) is 150 cm³/mol. The van der Waals surface area contributed by atoms with Crippen molar-refractivity contribution in [1.82, 2.24) is 20.2 Å². The van der Waals surface area contributed by atoms with Crippen LogP contribution in [0.25, 0.3) is 0 Å². The number of thiazole rings is 1. The average Bonchev–Trinajstić information content (AvgIpc) is 3.68. The first-order valence-electron chi connectivity index (χ1n) is 13.7. The third kappa shape index (κ3) is 8.09. The van der Waals surface area contributed by atoms with Gasteiger partial charge in [0.2, 0.25) is 11.8 Å². The number of hydrogen-bond donors (Lipinski definition) is 3. The number of amides is 3. The number of aromatic nitrogens is 2. The summed E-state index contributed by atoms with van der Waals surface area (Å²) in [6.07, 6.45) is 3.53. The molecule has 2 heterocycles. The molecule has 3 unspecified atom stereocenters. The Balaban J connectivity index is 1.45. The van der Waals surface area contributed by atoms with Crippen LogP contribution < -0.4 is 21.5 Å².